The fourth-order valence-corrected chi connectivity index (χ4v) is 3.14. The van der Waals surface area contributed by atoms with Gasteiger partial charge < -0.3 is 14.6 Å². The van der Waals surface area contributed by atoms with Crippen LogP contribution in [-0.2, 0) is 4.74 Å². The van der Waals surface area contributed by atoms with Gasteiger partial charge in [0.25, 0.3) is 5.91 Å². The number of amides is 1. The van der Waals surface area contributed by atoms with E-state index in [0.29, 0.717) is 37.9 Å². The number of hydrogen-bond donors (Lipinski definition) is 1. The average molecular weight is 288 g/mol. The Morgan fingerprint density at radius 1 is 1.24 bits per heavy atom. The molecule has 0 radical (unpaired) electrons. The highest BCUT2D eigenvalue weighted by molar-refractivity contribution is 5.93. The van der Waals surface area contributed by atoms with E-state index in [1.54, 1.807) is 0 Å². The molecular weight excluding hydrogens is 264 g/mol. The largest absolute Gasteiger partial charge is 0.378 e. The summed E-state index contributed by atoms with van der Waals surface area (Å²) in [4.78, 5) is 17.3. The van der Waals surface area contributed by atoms with Gasteiger partial charge in [-0.15, -0.1) is 0 Å². The summed E-state index contributed by atoms with van der Waals surface area (Å²) in [7, 11) is 0. The van der Waals surface area contributed by atoms with Crippen molar-refractivity contribution in [1.82, 2.24) is 9.88 Å². The van der Waals surface area contributed by atoms with Crippen LogP contribution in [0.3, 0.4) is 0 Å². The summed E-state index contributed by atoms with van der Waals surface area (Å²) >= 11 is 0. The summed E-state index contributed by atoms with van der Waals surface area (Å²) in [5.41, 5.74) is 1.78. The van der Waals surface area contributed by atoms with E-state index in [4.69, 9.17) is 4.74 Å². The molecule has 3 rings (SSSR count). The van der Waals surface area contributed by atoms with Crippen LogP contribution in [0.2, 0.25) is 0 Å². The van der Waals surface area contributed by atoms with Crippen molar-refractivity contribution in [2.24, 2.45) is 5.92 Å². The molecule has 1 amide bonds. The van der Waals surface area contributed by atoms with Gasteiger partial charge in [-0.05, 0) is 30.4 Å². The van der Waals surface area contributed by atoms with Gasteiger partial charge in [0, 0.05) is 19.3 Å². The number of nitrogens with zero attached hydrogens (tertiary/aromatic N) is 1. The molecule has 1 saturated heterocycles. The smallest absolute Gasteiger partial charge is 0.270 e. The number of carbonyl (C=O) groups is 1. The zero-order valence-electron chi connectivity index (χ0n) is 12.5. The Labute approximate surface area is 126 Å². The SMILES string of the molecule is O=C(c1cc(/C=C/C2CCCCC2)c[nH]1)N1CCOCC1. The molecule has 4 heteroatoms. The lowest BCUT2D eigenvalue weighted by Gasteiger charge is -2.26. The van der Waals surface area contributed by atoms with E-state index in [-0.39, 0.29) is 5.91 Å². The van der Waals surface area contributed by atoms with E-state index in [1.165, 1.54) is 32.1 Å². The van der Waals surface area contributed by atoms with Gasteiger partial charge in [-0.2, -0.15) is 0 Å². The standard InChI is InChI=1S/C17H24N2O2/c20-17(19-8-10-21-11-9-19)16-12-15(13-18-16)7-6-14-4-2-1-3-5-14/h6-7,12-14,18H,1-5,8-11H2/b7-6+. The van der Waals surface area contributed by atoms with Crippen LogP contribution >= 0.6 is 0 Å². The van der Waals surface area contributed by atoms with Crippen LogP contribution in [0, 0.1) is 5.92 Å². The van der Waals surface area contributed by atoms with E-state index >= 15 is 0 Å². The quantitative estimate of drug-likeness (QED) is 0.929. The Balaban J connectivity index is 1.59. The predicted molar refractivity (Wildman–Crippen MR) is 83.1 cm³/mol. The van der Waals surface area contributed by atoms with Crippen molar-refractivity contribution in [3.63, 3.8) is 0 Å². The number of aromatic nitrogens is 1. The Bertz CT molecular complexity index is 495. The molecular formula is C17H24N2O2. The zero-order valence-corrected chi connectivity index (χ0v) is 12.5. The third-order valence-corrected chi connectivity index (χ3v) is 4.44. The summed E-state index contributed by atoms with van der Waals surface area (Å²) in [5.74, 6) is 0.794. The molecule has 0 unspecified atom stereocenters. The average Bonchev–Trinajstić information content (AvgIpc) is 3.03. The van der Waals surface area contributed by atoms with Crippen molar-refractivity contribution < 1.29 is 9.53 Å². The maximum absolute atomic E-state index is 12.3. The number of morpholine rings is 1. The van der Waals surface area contributed by atoms with Crippen LogP contribution in [0.15, 0.2) is 18.3 Å². The normalized spacial score (nSPS) is 21.0. The first-order chi connectivity index (χ1) is 10.3. The molecule has 0 atom stereocenters. The van der Waals surface area contributed by atoms with Crippen molar-refractivity contribution in [1.29, 1.82) is 0 Å². The first-order valence-electron chi connectivity index (χ1n) is 8.06. The molecule has 0 aromatic carbocycles. The maximum atomic E-state index is 12.3. The number of carbonyl (C=O) groups excluding carboxylic acids is 1. The number of H-pyrrole nitrogens is 1. The van der Waals surface area contributed by atoms with Crippen molar-refractivity contribution in [2.45, 2.75) is 32.1 Å². The lowest BCUT2D eigenvalue weighted by Crippen LogP contribution is -2.40. The number of ether oxygens (including phenoxy) is 1. The minimum Gasteiger partial charge on any atom is -0.378 e. The molecule has 114 valence electrons. The molecule has 1 aliphatic carbocycles. The topological polar surface area (TPSA) is 45.3 Å². The molecule has 4 nitrogen and oxygen atoms in total. The fourth-order valence-electron chi connectivity index (χ4n) is 3.14. The second-order valence-corrected chi connectivity index (χ2v) is 6.01. The van der Waals surface area contributed by atoms with Gasteiger partial charge in [0.15, 0.2) is 0 Å². The van der Waals surface area contributed by atoms with Crippen molar-refractivity contribution in [3.8, 4) is 0 Å². The first-order valence-corrected chi connectivity index (χ1v) is 8.06. The third kappa shape index (κ3) is 3.76. The molecule has 2 aliphatic rings. The molecule has 1 saturated carbocycles. The van der Waals surface area contributed by atoms with Crippen LogP contribution in [0.5, 0.6) is 0 Å². The highest BCUT2D eigenvalue weighted by Crippen LogP contribution is 2.25. The van der Waals surface area contributed by atoms with Crippen molar-refractivity contribution in [2.75, 3.05) is 26.3 Å². The summed E-state index contributed by atoms with van der Waals surface area (Å²) in [5, 5.41) is 0. The monoisotopic (exact) mass is 288 g/mol. The highest BCUT2D eigenvalue weighted by atomic mass is 16.5. The second-order valence-electron chi connectivity index (χ2n) is 6.01. The van der Waals surface area contributed by atoms with Crippen molar-refractivity contribution in [3.05, 3.63) is 29.6 Å². The van der Waals surface area contributed by atoms with Crippen LogP contribution in [-0.4, -0.2) is 42.1 Å². The van der Waals surface area contributed by atoms with Crippen LogP contribution in [0.4, 0.5) is 0 Å². The van der Waals surface area contributed by atoms with Crippen LogP contribution in [0.1, 0.15) is 48.2 Å². The van der Waals surface area contributed by atoms with Gasteiger partial charge >= 0.3 is 0 Å². The lowest BCUT2D eigenvalue weighted by atomic mass is 9.89. The summed E-state index contributed by atoms with van der Waals surface area (Å²) in [6.07, 6.45) is 13.1. The number of hydrogen-bond acceptors (Lipinski definition) is 2. The van der Waals surface area contributed by atoms with E-state index < -0.39 is 0 Å². The summed E-state index contributed by atoms with van der Waals surface area (Å²) in [6, 6.07) is 1.96. The van der Waals surface area contributed by atoms with E-state index in [2.05, 4.69) is 17.1 Å². The number of nitrogens with one attached hydrogen (secondary N) is 1. The lowest BCUT2D eigenvalue weighted by molar-refractivity contribution is 0.0299. The molecule has 2 heterocycles. The van der Waals surface area contributed by atoms with Gasteiger partial charge in [-0.3, -0.25) is 4.79 Å². The molecule has 1 aromatic rings. The van der Waals surface area contributed by atoms with Gasteiger partial charge in [-0.1, -0.05) is 31.4 Å². The van der Waals surface area contributed by atoms with E-state index in [9.17, 15) is 4.79 Å². The van der Waals surface area contributed by atoms with Gasteiger partial charge in [0.05, 0.1) is 13.2 Å². The summed E-state index contributed by atoms with van der Waals surface area (Å²) in [6.45, 7) is 2.65. The minimum atomic E-state index is 0.0793. The number of allylic oxidation sites excluding steroid dienone is 1. The van der Waals surface area contributed by atoms with Gasteiger partial charge in [0.2, 0.25) is 0 Å². The Kier molecular flexibility index (Phi) is 4.76. The van der Waals surface area contributed by atoms with Crippen molar-refractivity contribution >= 4 is 12.0 Å². The number of aromatic amines is 1. The third-order valence-electron chi connectivity index (χ3n) is 4.44. The van der Waals surface area contributed by atoms with E-state index in [0.717, 1.165) is 5.56 Å². The molecule has 2 fully saturated rings. The zero-order chi connectivity index (χ0) is 14.5. The second kappa shape index (κ2) is 6.94. The van der Waals surface area contributed by atoms with Crippen LogP contribution in [0.25, 0.3) is 6.08 Å². The van der Waals surface area contributed by atoms with E-state index in [1.807, 2.05) is 17.2 Å². The predicted octanol–water partition coefficient (Wildman–Crippen LogP) is 3.08. The maximum Gasteiger partial charge on any atom is 0.270 e. The highest BCUT2D eigenvalue weighted by Gasteiger charge is 2.19. The summed E-state index contributed by atoms with van der Waals surface area (Å²) < 4.78 is 5.28. The Morgan fingerprint density at radius 2 is 2.00 bits per heavy atom. The minimum absolute atomic E-state index is 0.0793. The van der Waals surface area contributed by atoms with Crippen LogP contribution < -0.4 is 0 Å². The van der Waals surface area contributed by atoms with Gasteiger partial charge in [-0.25, -0.2) is 0 Å². The molecule has 1 aromatic heterocycles. The molecule has 0 bridgehead atoms. The number of rotatable bonds is 3. The van der Waals surface area contributed by atoms with Gasteiger partial charge in [0.1, 0.15) is 5.69 Å². The molecule has 1 N–H and O–H groups in total. The first kappa shape index (κ1) is 14.4. The Morgan fingerprint density at radius 3 is 2.76 bits per heavy atom. The molecule has 1 aliphatic heterocycles. The Hall–Kier alpha value is -1.55. The molecule has 21 heavy (non-hydrogen) atoms. The fraction of sp³-hybridized carbons (Fsp3) is 0.588. The molecule has 0 spiro atoms.